The first-order valence-corrected chi connectivity index (χ1v) is 8.90. The lowest BCUT2D eigenvalue weighted by molar-refractivity contribution is -0.384. The smallest absolute Gasteiger partial charge is 0.292 e. The molecule has 23 heavy (non-hydrogen) atoms. The molecule has 9 heteroatoms. The van der Waals surface area contributed by atoms with Crippen molar-refractivity contribution in [1.82, 2.24) is 4.72 Å². The van der Waals surface area contributed by atoms with Gasteiger partial charge in [0.15, 0.2) is 0 Å². The molecule has 0 unspecified atom stereocenters. The van der Waals surface area contributed by atoms with Gasteiger partial charge < -0.3 is 5.32 Å². The topological polar surface area (TPSA) is 101 Å². The van der Waals surface area contributed by atoms with Crippen LogP contribution in [-0.2, 0) is 10.0 Å². The molecule has 0 heterocycles. The van der Waals surface area contributed by atoms with Crippen molar-refractivity contribution in [3.05, 3.63) is 63.1 Å². The number of para-hydroxylation sites is 2. The van der Waals surface area contributed by atoms with Gasteiger partial charge in [-0.05, 0) is 30.3 Å². The zero-order valence-corrected chi connectivity index (χ0v) is 14.3. The number of rotatable bonds is 7. The first kappa shape index (κ1) is 17.4. The van der Waals surface area contributed by atoms with Gasteiger partial charge in [0.1, 0.15) is 5.69 Å². The van der Waals surface area contributed by atoms with Crippen molar-refractivity contribution in [2.45, 2.75) is 4.90 Å². The maximum Gasteiger partial charge on any atom is 0.292 e. The Balaban J connectivity index is 1.93. The molecule has 0 aliphatic heterocycles. The average Bonchev–Trinajstić information content (AvgIpc) is 2.52. The van der Waals surface area contributed by atoms with Crippen LogP contribution in [0.15, 0.2) is 57.9 Å². The molecule has 2 N–H and O–H groups in total. The summed E-state index contributed by atoms with van der Waals surface area (Å²) in [5, 5.41) is 13.7. The number of hydrogen-bond donors (Lipinski definition) is 2. The van der Waals surface area contributed by atoms with Gasteiger partial charge in [0.25, 0.3) is 5.69 Å². The van der Waals surface area contributed by atoms with E-state index < -0.39 is 14.9 Å². The summed E-state index contributed by atoms with van der Waals surface area (Å²) in [4.78, 5) is 10.5. The van der Waals surface area contributed by atoms with Crippen LogP contribution in [0.5, 0.6) is 0 Å². The summed E-state index contributed by atoms with van der Waals surface area (Å²) >= 11 is 3.24. The Kier molecular flexibility index (Phi) is 5.69. The standard InChI is InChI=1S/C14H14BrN3O4S/c15-11-5-7-12(8-6-11)23(21,22)17-10-9-16-13-3-1-2-4-14(13)18(19)20/h1-8,16-17H,9-10H2. The molecular weight excluding hydrogens is 386 g/mol. The van der Waals surface area contributed by atoms with Crippen LogP contribution in [0.25, 0.3) is 0 Å². The van der Waals surface area contributed by atoms with Gasteiger partial charge >= 0.3 is 0 Å². The van der Waals surface area contributed by atoms with Crippen molar-refractivity contribution >= 4 is 37.3 Å². The minimum atomic E-state index is -3.60. The van der Waals surface area contributed by atoms with E-state index in [0.717, 1.165) is 4.47 Å². The van der Waals surface area contributed by atoms with E-state index in [1.807, 2.05) is 0 Å². The highest BCUT2D eigenvalue weighted by Gasteiger charge is 2.14. The van der Waals surface area contributed by atoms with E-state index in [9.17, 15) is 18.5 Å². The van der Waals surface area contributed by atoms with E-state index in [1.165, 1.54) is 18.2 Å². The van der Waals surface area contributed by atoms with Crippen molar-refractivity contribution in [2.24, 2.45) is 0 Å². The van der Waals surface area contributed by atoms with E-state index in [-0.39, 0.29) is 23.7 Å². The van der Waals surface area contributed by atoms with Gasteiger partial charge in [0, 0.05) is 23.6 Å². The quantitative estimate of drug-likeness (QED) is 0.423. The van der Waals surface area contributed by atoms with Crippen LogP contribution in [0.4, 0.5) is 11.4 Å². The number of nitrogens with zero attached hydrogens (tertiary/aromatic N) is 1. The minimum Gasteiger partial charge on any atom is -0.378 e. The van der Waals surface area contributed by atoms with E-state index >= 15 is 0 Å². The van der Waals surface area contributed by atoms with Gasteiger partial charge in [-0.25, -0.2) is 13.1 Å². The molecule has 0 spiro atoms. The molecule has 0 amide bonds. The fourth-order valence-electron chi connectivity index (χ4n) is 1.86. The fraction of sp³-hybridized carbons (Fsp3) is 0.143. The summed E-state index contributed by atoms with van der Waals surface area (Å²) in [5.41, 5.74) is 0.295. The summed E-state index contributed by atoms with van der Waals surface area (Å²) in [6.45, 7) is 0.324. The highest BCUT2D eigenvalue weighted by molar-refractivity contribution is 9.10. The fourth-order valence-corrected chi connectivity index (χ4v) is 3.16. The molecule has 0 bridgehead atoms. The van der Waals surface area contributed by atoms with E-state index in [2.05, 4.69) is 26.0 Å². The Morgan fingerprint density at radius 3 is 2.35 bits per heavy atom. The second kappa shape index (κ2) is 7.53. The Hall–Kier alpha value is -1.97. The summed E-state index contributed by atoms with van der Waals surface area (Å²) in [6, 6.07) is 12.4. The normalized spacial score (nSPS) is 11.2. The van der Waals surface area contributed by atoms with Crippen LogP contribution in [0.2, 0.25) is 0 Å². The highest BCUT2D eigenvalue weighted by Crippen LogP contribution is 2.22. The second-order valence-corrected chi connectivity index (χ2v) is 7.24. The van der Waals surface area contributed by atoms with Crippen LogP contribution in [-0.4, -0.2) is 26.4 Å². The highest BCUT2D eigenvalue weighted by atomic mass is 79.9. The zero-order chi connectivity index (χ0) is 16.9. The molecule has 2 aromatic rings. The predicted octanol–water partition coefficient (Wildman–Crippen LogP) is 2.75. The maximum absolute atomic E-state index is 12.1. The van der Waals surface area contributed by atoms with Gasteiger partial charge in [-0.15, -0.1) is 0 Å². The largest absolute Gasteiger partial charge is 0.378 e. The van der Waals surface area contributed by atoms with Gasteiger partial charge in [-0.1, -0.05) is 28.1 Å². The molecule has 0 aliphatic carbocycles. The monoisotopic (exact) mass is 399 g/mol. The first-order chi connectivity index (χ1) is 10.9. The van der Waals surface area contributed by atoms with Crippen molar-refractivity contribution in [3.63, 3.8) is 0 Å². The number of nitro groups is 1. The molecule has 2 aromatic carbocycles. The average molecular weight is 400 g/mol. The van der Waals surface area contributed by atoms with Crippen LogP contribution in [0, 0.1) is 10.1 Å². The van der Waals surface area contributed by atoms with Crippen molar-refractivity contribution in [2.75, 3.05) is 18.4 Å². The van der Waals surface area contributed by atoms with Crippen LogP contribution in [0.3, 0.4) is 0 Å². The van der Waals surface area contributed by atoms with Crippen LogP contribution < -0.4 is 10.0 Å². The molecule has 0 aliphatic rings. The Morgan fingerprint density at radius 2 is 1.70 bits per heavy atom. The minimum absolute atomic E-state index is 0.0525. The number of sulfonamides is 1. The second-order valence-electron chi connectivity index (χ2n) is 4.55. The summed E-state index contributed by atoms with van der Waals surface area (Å²) in [7, 11) is -3.60. The molecule has 0 fully saturated rings. The van der Waals surface area contributed by atoms with Gasteiger partial charge in [-0.2, -0.15) is 0 Å². The zero-order valence-electron chi connectivity index (χ0n) is 11.9. The lowest BCUT2D eigenvalue weighted by Crippen LogP contribution is -2.29. The summed E-state index contributed by atoms with van der Waals surface area (Å²) < 4.78 is 27.4. The van der Waals surface area contributed by atoms with E-state index in [1.54, 1.807) is 30.3 Å². The first-order valence-electron chi connectivity index (χ1n) is 6.63. The summed E-state index contributed by atoms with van der Waals surface area (Å²) in [5.74, 6) is 0. The summed E-state index contributed by atoms with van der Waals surface area (Å²) in [6.07, 6.45) is 0. The number of halogens is 1. The number of nitro benzene ring substituents is 1. The third-order valence-electron chi connectivity index (χ3n) is 2.96. The van der Waals surface area contributed by atoms with Crippen LogP contribution >= 0.6 is 15.9 Å². The predicted molar refractivity (Wildman–Crippen MR) is 90.9 cm³/mol. The number of nitrogens with one attached hydrogen (secondary N) is 2. The number of benzene rings is 2. The lowest BCUT2D eigenvalue weighted by Gasteiger charge is -2.09. The maximum atomic E-state index is 12.1. The molecule has 122 valence electrons. The third-order valence-corrected chi connectivity index (χ3v) is 4.96. The van der Waals surface area contributed by atoms with Crippen molar-refractivity contribution in [3.8, 4) is 0 Å². The van der Waals surface area contributed by atoms with Crippen molar-refractivity contribution in [1.29, 1.82) is 0 Å². The molecule has 0 aromatic heterocycles. The molecule has 0 saturated carbocycles. The Morgan fingerprint density at radius 1 is 1.04 bits per heavy atom. The molecule has 2 rings (SSSR count). The lowest BCUT2D eigenvalue weighted by atomic mass is 10.2. The van der Waals surface area contributed by atoms with Gasteiger partial charge in [0.2, 0.25) is 10.0 Å². The van der Waals surface area contributed by atoms with E-state index in [0.29, 0.717) is 5.69 Å². The molecular formula is C14H14BrN3O4S. The number of hydrogen-bond acceptors (Lipinski definition) is 5. The Bertz CT molecular complexity index is 794. The van der Waals surface area contributed by atoms with Gasteiger partial charge in [0.05, 0.1) is 9.82 Å². The van der Waals surface area contributed by atoms with Crippen molar-refractivity contribution < 1.29 is 13.3 Å². The number of anilines is 1. The molecule has 0 saturated heterocycles. The van der Waals surface area contributed by atoms with Gasteiger partial charge in [-0.3, -0.25) is 10.1 Å². The Labute approximate surface area is 142 Å². The SMILES string of the molecule is O=[N+]([O-])c1ccccc1NCCNS(=O)(=O)c1ccc(Br)cc1. The molecule has 7 nitrogen and oxygen atoms in total. The van der Waals surface area contributed by atoms with E-state index in [4.69, 9.17) is 0 Å². The van der Waals surface area contributed by atoms with Crippen LogP contribution in [0.1, 0.15) is 0 Å². The molecule has 0 radical (unpaired) electrons. The third kappa shape index (κ3) is 4.75. The molecule has 0 atom stereocenters.